The lowest BCUT2D eigenvalue weighted by molar-refractivity contribution is -0.121. The van der Waals surface area contributed by atoms with Crippen molar-refractivity contribution in [2.24, 2.45) is 0 Å². The van der Waals surface area contributed by atoms with Crippen LogP contribution in [-0.4, -0.2) is 50.1 Å². The number of amides is 1. The first-order chi connectivity index (χ1) is 13.6. The number of nitrogens with one attached hydrogen (secondary N) is 1. The van der Waals surface area contributed by atoms with Gasteiger partial charge in [0.05, 0.1) is 0 Å². The molecule has 1 amide bonds. The van der Waals surface area contributed by atoms with Crippen LogP contribution in [0.1, 0.15) is 24.0 Å². The van der Waals surface area contributed by atoms with Gasteiger partial charge in [0.25, 0.3) is 0 Å². The Kier molecular flexibility index (Phi) is 7.43. The van der Waals surface area contributed by atoms with E-state index in [-0.39, 0.29) is 11.7 Å². The zero-order valence-electron chi connectivity index (χ0n) is 16.7. The van der Waals surface area contributed by atoms with Crippen molar-refractivity contribution in [1.29, 1.82) is 0 Å². The third-order valence-electron chi connectivity index (χ3n) is 5.30. The van der Waals surface area contributed by atoms with Crippen LogP contribution in [0, 0.1) is 12.7 Å². The molecule has 1 aliphatic heterocycles. The van der Waals surface area contributed by atoms with Gasteiger partial charge in [0, 0.05) is 51.4 Å². The number of nitrogens with zero attached hydrogens (tertiary/aromatic N) is 2. The molecule has 1 aliphatic rings. The zero-order chi connectivity index (χ0) is 19.8. The molecule has 4 nitrogen and oxygen atoms in total. The fourth-order valence-corrected chi connectivity index (χ4v) is 3.53. The molecule has 0 bridgehead atoms. The molecule has 0 aliphatic carbocycles. The monoisotopic (exact) mass is 383 g/mol. The highest BCUT2D eigenvalue weighted by Gasteiger charge is 2.17. The summed E-state index contributed by atoms with van der Waals surface area (Å²) in [6, 6.07) is 15.2. The van der Waals surface area contributed by atoms with Gasteiger partial charge in [-0.1, -0.05) is 29.8 Å². The lowest BCUT2D eigenvalue weighted by atomic mass is 10.1. The van der Waals surface area contributed by atoms with Crippen LogP contribution in [0.2, 0.25) is 0 Å². The Bertz CT molecular complexity index is 737. The number of anilines is 1. The maximum atomic E-state index is 13.0. The van der Waals surface area contributed by atoms with Crippen LogP contribution in [0.15, 0.2) is 48.5 Å². The SMILES string of the molecule is Cc1ccc(CCCC(=O)NCCN2CCN(c3ccc(F)cc3)CC2)cc1. The zero-order valence-corrected chi connectivity index (χ0v) is 16.7. The van der Waals surface area contributed by atoms with Crippen molar-refractivity contribution in [3.63, 3.8) is 0 Å². The number of benzene rings is 2. The summed E-state index contributed by atoms with van der Waals surface area (Å²) in [5.41, 5.74) is 3.63. The van der Waals surface area contributed by atoms with Crippen LogP contribution in [0.4, 0.5) is 10.1 Å². The van der Waals surface area contributed by atoms with Gasteiger partial charge >= 0.3 is 0 Å². The highest BCUT2D eigenvalue weighted by Crippen LogP contribution is 2.16. The molecule has 3 rings (SSSR count). The molecular formula is C23H30FN3O. The molecule has 1 N–H and O–H groups in total. The Morgan fingerprint density at radius 1 is 1.00 bits per heavy atom. The Morgan fingerprint density at radius 2 is 1.68 bits per heavy atom. The standard InChI is InChI=1S/C23H30FN3O/c1-19-5-7-20(8-6-19)3-2-4-23(28)25-13-14-26-15-17-27(18-16-26)22-11-9-21(24)10-12-22/h5-12H,2-4,13-18H2,1H3,(H,25,28). The van der Waals surface area contributed by atoms with E-state index in [0.29, 0.717) is 13.0 Å². The van der Waals surface area contributed by atoms with Crippen LogP contribution < -0.4 is 10.2 Å². The highest BCUT2D eigenvalue weighted by atomic mass is 19.1. The minimum absolute atomic E-state index is 0.136. The second-order valence-electron chi connectivity index (χ2n) is 7.49. The van der Waals surface area contributed by atoms with Gasteiger partial charge in [-0.05, 0) is 49.6 Å². The van der Waals surface area contributed by atoms with E-state index < -0.39 is 0 Å². The molecule has 1 fully saturated rings. The van der Waals surface area contributed by atoms with E-state index in [1.807, 2.05) is 12.1 Å². The Labute approximate surface area is 167 Å². The maximum absolute atomic E-state index is 13.0. The summed E-state index contributed by atoms with van der Waals surface area (Å²) in [6.45, 7) is 7.42. The molecule has 150 valence electrons. The number of hydrogen-bond acceptors (Lipinski definition) is 3. The lowest BCUT2D eigenvalue weighted by Gasteiger charge is -2.36. The molecule has 2 aromatic rings. The molecule has 0 atom stereocenters. The van der Waals surface area contributed by atoms with Gasteiger partial charge in [0.15, 0.2) is 0 Å². The predicted octanol–water partition coefficient (Wildman–Crippen LogP) is 3.40. The van der Waals surface area contributed by atoms with Gasteiger partial charge in [-0.15, -0.1) is 0 Å². The second kappa shape index (κ2) is 10.2. The molecule has 1 saturated heterocycles. The molecule has 0 unspecified atom stereocenters. The lowest BCUT2D eigenvalue weighted by Crippen LogP contribution is -2.48. The average Bonchev–Trinajstić information content (AvgIpc) is 2.71. The van der Waals surface area contributed by atoms with Gasteiger partial charge < -0.3 is 10.2 Å². The van der Waals surface area contributed by atoms with Crippen LogP contribution in [0.5, 0.6) is 0 Å². The van der Waals surface area contributed by atoms with Gasteiger partial charge in [-0.25, -0.2) is 4.39 Å². The molecular weight excluding hydrogens is 353 g/mol. The summed E-state index contributed by atoms with van der Waals surface area (Å²) in [5.74, 6) is -0.0611. The van der Waals surface area contributed by atoms with Gasteiger partial charge in [-0.3, -0.25) is 9.69 Å². The number of rotatable bonds is 8. The van der Waals surface area contributed by atoms with Crippen LogP contribution in [-0.2, 0) is 11.2 Å². The van der Waals surface area contributed by atoms with Crippen LogP contribution in [0.25, 0.3) is 0 Å². The van der Waals surface area contributed by atoms with Gasteiger partial charge in [0.2, 0.25) is 5.91 Å². The number of aryl methyl sites for hydroxylation is 2. The van der Waals surface area contributed by atoms with E-state index in [2.05, 4.69) is 46.3 Å². The second-order valence-corrected chi connectivity index (χ2v) is 7.49. The summed E-state index contributed by atoms with van der Waals surface area (Å²) in [5, 5.41) is 3.04. The first-order valence-electron chi connectivity index (χ1n) is 10.2. The minimum Gasteiger partial charge on any atom is -0.369 e. The van der Waals surface area contributed by atoms with E-state index in [1.165, 1.54) is 23.3 Å². The Hall–Kier alpha value is -2.40. The molecule has 0 aromatic heterocycles. The van der Waals surface area contributed by atoms with Crippen molar-refractivity contribution in [1.82, 2.24) is 10.2 Å². The molecule has 2 aromatic carbocycles. The largest absolute Gasteiger partial charge is 0.369 e. The minimum atomic E-state index is -0.197. The van der Waals surface area contributed by atoms with E-state index in [0.717, 1.165) is 51.3 Å². The first kappa shape index (κ1) is 20.3. The summed E-state index contributed by atoms with van der Waals surface area (Å²) in [4.78, 5) is 16.7. The molecule has 0 radical (unpaired) electrons. The first-order valence-corrected chi connectivity index (χ1v) is 10.2. The summed E-state index contributed by atoms with van der Waals surface area (Å²) in [7, 11) is 0. The molecule has 0 saturated carbocycles. The number of piperazine rings is 1. The van der Waals surface area contributed by atoms with Crippen molar-refractivity contribution >= 4 is 11.6 Å². The summed E-state index contributed by atoms with van der Waals surface area (Å²) in [6.07, 6.45) is 2.40. The summed E-state index contributed by atoms with van der Waals surface area (Å²) < 4.78 is 13.0. The van der Waals surface area contributed by atoms with Crippen molar-refractivity contribution < 1.29 is 9.18 Å². The van der Waals surface area contributed by atoms with E-state index in [9.17, 15) is 9.18 Å². The number of hydrogen-bond donors (Lipinski definition) is 1. The number of carbonyl (C=O) groups excluding carboxylic acids is 1. The van der Waals surface area contributed by atoms with E-state index >= 15 is 0 Å². The van der Waals surface area contributed by atoms with Gasteiger partial charge in [0.1, 0.15) is 5.82 Å². The van der Waals surface area contributed by atoms with E-state index in [1.54, 1.807) is 0 Å². The fourth-order valence-electron chi connectivity index (χ4n) is 3.53. The topological polar surface area (TPSA) is 35.6 Å². The van der Waals surface area contributed by atoms with Crippen molar-refractivity contribution in [2.75, 3.05) is 44.2 Å². The Balaban J connectivity index is 1.27. The van der Waals surface area contributed by atoms with Crippen molar-refractivity contribution in [3.8, 4) is 0 Å². The quantitative estimate of drug-likeness (QED) is 0.759. The third kappa shape index (κ3) is 6.34. The van der Waals surface area contributed by atoms with Crippen LogP contribution >= 0.6 is 0 Å². The summed E-state index contributed by atoms with van der Waals surface area (Å²) >= 11 is 0. The molecule has 0 spiro atoms. The molecule has 5 heteroatoms. The fraction of sp³-hybridized carbons (Fsp3) is 0.435. The third-order valence-corrected chi connectivity index (χ3v) is 5.30. The smallest absolute Gasteiger partial charge is 0.220 e. The number of carbonyl (C=O) groups is 1. The molecule has 1 heterocycles. The number of halogens is 1. The van der Waals surface area contributed by atoms with E-state index in [4.69, 9.17) is 0 Å². The highest BCUT2D eigenvalue weighted by molar-refractivity contribution is 5.75. The average molecular weight is 384 g/mol. The van der Waals surface area contributed by atoms with Crippen LogP contribution in [0.3, 0.4) is 0 Å². The normalized spacial score (nSPS) is 14.9. The van der Waals surface area contributed by atoms with Gasteiger partial charge in [-0.2, -0.15) is 0 Å². The van der Waals surface area contributed by atoms with Crippen molar-refractivity contribution in [3.05, 3.63) is 65.5 Å². The predicted molar refractivity (Wildman–Crippen MR) is 112 cm³/mol. The maximum Gasteiger partial charge on any atom is 0.220 e. The van der Waals surface area contributed by atoms with Crippen molar-refractivity contribution in [2.45, 2.75) is 26.2 Å². The Morgan fingerprint density at radius 3 is 2.36 bits per heavy atom. The molecule has 28 heavy (non-hydrogen) atoms.